The summed E-state index contributed by atoms with van der Waals surface area (Å²) in [4.78, 5) is 4.72. The second-order valence-corrected chi connectivity index (χ2v) is 6.86. The first-order valence-corrected chi connectivity index (χ1v) is 8.76. The molecule has 1 aromatic carbocycles. The summed E-state index contributed by atoms with van der Waals surface area (Å²) in [6.45, 7) is 9.08. The van der Waals surface area contributed by atoms with Gasteiger partial charge in [-0.25, -0.2) is 0 Å². The zero-order valence-corrected chi connectivity index (χ0v) is 15.4. The molecule has 3 rings (SSSR count). The lowest BCUT2D eigenvalue weighted by atomic mass is 10.2. The summed E-state index contributed by atoms with van der Waals surface area (Å²) in [7, 11) is 1.98. The number of thiocarbonyl (C=S) groups is 1. The van der Waals surface area contributed by atoms with Gasteiger partial charge < -0.3 is 10.2 Å². The zero-order chi connectivity index (χ0) is 17.1. The van der Waals surface area contributed by atoms with Crippen molar-refractivity contribution in [3.63, 3.8) is 0 Å². The van der Waals surface area contributed by atoms with Crippen LogP contribution in [0.25, 0.3) is 0 Å². The van der Waals surface area contributed by atoms with Gasteiger partial charge in [0.05, 0.1) is 5.69 Å². The number of hydrogen-bond donors (Lipinski definition) is 1. The smallest absolute Gasteiger partial charge is 0.173 e. The highest BCUT2D eigenvalue weighted by atomic mass is 32.1. The van der Waals surface area contributed by atoms with Gasteiger partial charge >= 0.3 is 0 Å². The van der Waals surface area contributed by atoms with Crippen LogP contribution in [-0.2, 0) is 13.6 Å². The normalized spacial score (nSPS) is 15.5. The zero-order valence-electron chi connectivity index (χ0n) is 14.6. The van der Waals surface area contributed by atoms with Crippen LogP contribution in [0.1, 0.15) is 16.8 Å². The fourth-order valence-electron chi connectivity index (χ4n) is 3.08. The van der Waals surface area contributed by atoms with Gasteiger partial charge in [-0.05, 0) is 43.8 Å². The van der Waals surface area contributed by atoms with E-state index in [4.69, 9.17) is 12.2 Å². The molecule has 1 fully saturated rings. The number of piperazine rings is 1. The molecule has 0 saturated carbocycles. The summed E-state index contributed by atoms with van der Waals surface area (Å²) < 4.78 is 1.89. The van der Waals surface area contributed by atoms with Gasteiger partial charge in [-0.2, -0.15) is 5.10 Å². The van der Waals surface area contributed by atoms with Crippen molar-refractivity contribution in [1.29, 1.82) is 0 Å². The number of nitrogens with one attached hydrogen (secondary N) is 1. The minimum atomic E-state index is 0.817. The first-order chi connectivity index (χ1) is 11.5. The summed E-state index contributed by atoms with van der Waals surface area (Å²) in [5.41, 5.74) is 4.73. The number of aryl methyl sites for hydroxylation is 3. The summed E-state index contributed by atoms with van der Waals surface area (Å²) >= 11 is 5.57. The van der Waals surface area contributed by atoms with Gasteiger partial charge in [0.2, 0.25) is 0 Å². The summed E-state index contributed by atoms with van der Waals surface area (Å²) in [6, 6.07) is 8.32. The Morgan fingerprint density at radius 3 is 2.58 bits per heavy atom. The molecule has 0 aliphatic carbocycles. The van der Waals surface area contributed by atoms with E-state index in [0.717, 1.165) is 49.2 Å². The Hall–Kier alpha value is -1.92. The van der Waals surface area contributed by atoms with Crippen LogP contribution in [0.4, 0.5) is 5.69 Å². The minimum Gasteiger partial charge on any atom is -0.346 e. The predicted molar refractivity (Wildman–Crippen MR) is 102 cm³/mol. The second-order valence-electron chi connectivity index (χ2n) is 6.48. The minimum absolute atomic E-state index is 0.817. The van der Waals surface area contributed by atoms with E-state index >= 15 is 0 Å². The molecule has 0 amide bonds. The third-order valence-corrected chi connectivity index (χ3v) is 4.80. The van der Waals surface area contributed by atoms with E-state index in [1.165, 1.54) is 11.1 Å². The quantitative estimate of drug-likeness (QED) is 0.867. The Morgan fingerprint density at radius 1 is 1.21 bits per heavy atom. The highest BCUT2D eigenvalue weighted by Crippen LogP contribution is 2.14. The van der Waals surface area contributed by atoms with Crippen LogP contribution in [0.2, 0.25) is 0 Å². The first-order valence-electron chi connectivity index (χ1n) is 8.35. The van der Waals surface area contributed by atoms with Crippen molar-refractivity contribution in [2.24, 2.45) is 7.05 Å². The number of rotatable bonds is 3. The molecule has 1 N–H and O–H groups in total. The average Bonchev–Trinajstić information content (AvgIpc) is 2.85. The van der Waals surface area contributed by atoms with Gasteiger partial charge in [-0.3, -0.25) is 9.58 Å². The van der Waals surface area contributed by atoms with Crippen molar-refractivity contribution < 1.29 is 0 Å². The molecule has 1 aromatic heterocycles. The predicted octanol–water partition coefficient (Wildman–Crippen LogP) is 2.55. The third-order valence-electron chi connectivity index (χ3n) is 4.44. The highest BCUT2D eigenvalue weighted by molar-refractivity contribution is 7.80. The molecule has 128 valence electrons. The van der Waals surface area contributed by atoms with Crippen molar-refractivity contribution in [2.45, 2.75) is 20.4 Å². The first kappa shape index (κ1) is 16.9. The van der Waals surface area contributed by atoms with E-state index in [1.807, 2.05) is 11.7 Å². The van der Waals surface area contributed by atoms with E-state index in [0.29, 0.717) is 0 Å². The van der Waals surface area contributed by atoms with Crippen molar-refractivity contribution >= 4 is 23.0 Å². The van der Waals surface area contributed by atoms with Crippen molar-refractivity contribution in [3.05, 3.63) is 47.3 Å². The van der Waals surface area contributed by atoms with Crippen LogP contribution >= 0.6 is 12.2 Å². The van der Waals surface area contributed by atoms with E-state index in [-0.39, 0.29) is 0 Å². The van der Waals surface area contributed by atoms with Gasteiger partial charge in [-0.15, -0.1) is 0 Å². The van der Waals surface area contributed by atoms with Gasteiger partial charge in [-0.1, -0.05) is 12.1 Å². The molecule has 1 saturated heterocycles. The molecule has 0 radical (unpaired) electrons. The van der Waals surface area contributed by atoms with E-state index in [9.17, 15) is 0 Å². The van der Waals surface area contributed by atoms with Crippen LogP contribution < -0.4 is 5.32 Å². The van der Waals surface area contributed by atoms with Crippen LogP contribution in [0.3, 0.4) is 0 Å². The Bertz CT molecular complexity index is 716. The van der Waals surface area contributed by atoms with E-state index in [1.54, 1.807) is 0 Å². The van der Waals surface area contributed by atoms with Gasteiger partial charge in [0.25, 0.3) is 0 Å². The number of anilines is 1. The molecular formula is C18H25N5S. The molecule has 0 unspecified atom stereocenters. The Labute approximate surface area is 149 Å². The topological polar surface area (TPSA) is 36.3 Å². The highest BCUT2D eigenvalue weighted by Gasteiger charge is 2.20. The maximum atomic E-state index is 5.57. The lowest BCUT2D eigenvalue weighted by Gasteiger charge is -2.36. The molecule has 2 aromatic rings. The third kappa shape index (κ3) is 4.13. The molecule has 2 heterocycles. The van der Waals surface area contributed by atoms with Crippen molar-refractivity contribution in [1.82, 2.24) is 19.6 Å². The fourth-order valence-corrected chi connectivity index (χ4v) is 3.38. The molecule has 0 spiro atoms. The number of hydrogen-bond acceptors (Lipinski definition) is 3. The van der Waals surface area contributed by atoms with Gasteiger partial charge in [0, 0.05) is 57.2 Å². The lowest BCUT2D eigenvalue weighted by Crippen LogP contribution is -2.49. The maximum absolute atomic E-state index is 5.57. The Morgan fingerprint density at radius 2 is 1.96 bits per heavy atom. The standard InChI is InChI=1S/C18H25N5S/c1-14-5-4-6-17(11-14)19-18(24)23-9-7-22(8-10-23)13-16-12-21(3)20-15(16)2/h4-6,11-12H,7-10,13H2,1-3H3,(H,19,24). The number of benzene rings is 1. The molecule has 0 atom stereocenters. The molecule has 1 aliphatic rings. The largest absolute Gasteiger partial charge is 0.346 e. The van der Waals surface area contributed by atoms with Crippen LogP contribution in [0.5, 0.6) is 0 Å². The summed E-state index contributed by atoms with van der Waals surface area (Å²) in [5, 5.41) is 8.59. The number of nitrogens with zero attached hydrogens (tertiary/aromatic N) is 4. The van der Waals surface area contributed by atoms with Gasteiger partial charge in [0.1, 0.15) is 0 Å². The summed E-state index contributed by atoms with van der Waals surface area (Å²) in [6.07, 6.45) is 2.12. The second kappa shape index (κ2) is 7.32. The lowest BCUT2D eigenvalue weighted by molar-refractivity contribution is 0.176. The fraction of sp³-hybridized carbons (Fsp3) is 0.444. The monoisotopic (exact) mass is 343 g/mol. The molecule has 0 bridgehead atoms. The Balaban J connectivity index is 1.51. The molecular weight excluding hydrogens is 318 g/mol. The SMILES string of the molecule is Cc1cccc(NC(=S)N2CCN(Cc3cn(C)nc3C)CC2)c1. The number of aromatic nitrogens is 2. The van der Waals surface area contributed by atoms with Crippen LogP contribution in [0.15, 0.2) is 30.5 Å². The maximum Gasteiger partial charge on any atom is 0.173 e. The molecule has 6 heteroatoms. The molecule has 24 heavy (non-hydrogen) atoms. The van der Waals surface area contributed by atoms with E-state index in [2.05, 4.69) is 64.5 Å². The van der Waals surface area contributed by atoms with Crippen molar-refractivity contribution in [2.75, 3.05) is 31.5 Å². The Kier molecular flexibility index (Phi) is 5.16. The average molecular weight is 344 g/mol. The van der Waals surface area contributed by atoms with Crippen molar-refractivity contribution in [3.8, 4) is 0 Å². The van der Waals surface area contributed by atoms with Gasteiger partial charge in [0.15, 0.2) is 5.11 Å². The molecule has 5 nitrogen and oxygen atoms in total. The van der Waals surface area contributed by atoms with Crippen LogP contribution in [-0.4, -0.2) is 50.9 Å². The summed E-state index contributed by atoms with van der Waals surface area (Å²) in [5.74, 6) is 0. The van der Waals surface area contributed by atoms with E-state index < -0.39 is 0 Å². The van der Waals surface area contributed by atoms with Crippen LogP contribution in [0, 0.1) is 13.8 Å². The molecule has 1 aliphatic heterocycles.